The molecular formula is C15H21F2N3O2S. The van der Waals surface area contributed by atoms with Crippen LogP contribution in [0.1, 0.15) is 33.7 Å². The standard InChI is InChI=1S/C15H21F2N3O2S/c1-10(2)19(9-15(16)17)23(21,22)13-5-6-14-12(7-13)8-18-20(14)11(3)4/h5-8,10-11,15H,9H2,1-4H3. The first-order chi connectivity index (χ1) is 10.6. The van der Waals surface area contributed by atoms with Crippen molar-refractivity contribution in [2.75, 3.05) is 6.54 Å². The monoisotopic (exact) mass is 345 g/mol. The zero-order chi connectivity index (χ0) is 17.4. The zero-order valence-corrected chi connectivity index (χ0v) is 14.4. The summed E-state index contributed by atoms with van der Waals surface area (Å²) in [6, 6.07) is 4.18. The molecule has 0 saturated carbocycles. The highest BCUT2D eigenvalue weighted by atomic mass is 32.2. The minimum absolute atomic E-state index is 0.00246. The maximum Gasteiger partial charge on any atom is 0.252 e. The van der Waals surface area contributed by atoms with Gasteiger partial charge in [0.05, 0.1) is 23.2 Å². The highest BCUT2D eigenvalue weighted by Gasteiger charge is 2.30. The number of hydrogen-bond donors (Lipinski definition) is 0. The van der Waals surface area contributed by atoms with Crippen molar-refractivity contribution in [2.45, 2.75) is 51.1 Å². The van der Waals surface area contributed by atoms with E-state index in [0.29, 0.717) is 5.39 Å². The lowest BCUT2D eigenvalue weighted by Gasteiger charge is -2.25. The van der Waals surface area contributed by atoms with E-state index in [-0.39, 0.29) is 10.9 Å². The van der Waals surface area contributed by atoms with E-state index in [0.717, 1.165) is 9.82 Å². The second-order valence-electron chi connectivity index (χ2n) is 5.96. The van der Waals surface area contributed by atoms with E-state index in [1.54, 1.807) is 30.8 Å². The van der Waals surface area contributed by atoms with E-state index in [1.165, 1.54) is 12.1 Å². The van der Waals surface area contributed by atoms with Crippen LogP contribution < -0.4 is 0 Å². The van der Waals surface area contributed by atoms with Crippen molar-refractivity contribution < 1.29 is 17.2 Å². The Bertz CT molecular complexity index is 785. The Morgan fingerprint density at radius 3 is 2.39 bits per heavy atom. The van der Waals surface area contributed by atoms with Crippen LogP contribution in [0.15, 0.2) is 29.3 Å². The molecule has 0 fully saturated rings. The third kappa shape index (κ3) is 3.53. The zero-order valence-electron chi connectivity index (χ0n) is 13.6. The van der Waals surface area contributed by atoms with Gasteiger partial charge in [-0.1, -0.05) is 0 Å². The van der Waals surface area contributed by atoms with Crippen LogP contribution in [-0.4, -0.2) is 41.5 Å². The predicted octanol–water partition coefficient (Wildman–Crippen LogP) is 3.28. The molecule has 0 aliphatic heterocycles. The van der Waals surface area contributed by atoms with Gasteiger partial charge in [-0.3, -0.25) is 4.68 Å². The van der Waals surface area contributed by atoms with Crippen LogP contribution in [0.4, 0.5) is 8.78 Å². The Kier molecular flexibility index (Phi) is 5.05. The quantitative estimate of drug-likeness (QED) is 0.807. The molecule has 0 unspecified atom stereocenters. The third-order valence-corrected chi connectivity index (χ3v) is 5.59. The second kappa shape index (κ2) is 6.52. The summed E-state index contributed by atoms with van der Waals surface area (Å²) in [6.45, 7) is 6.29. The minimum Gasteiger partial charge on any atom is -0.262 e. The van der Waals surface area contributed by atoms with Crippen LogP contribution in [0.3, 0.4) is 0 Å². The third-order valence-electron chi connectivity index (χ3n) is 3.56. The first kappa shape index (κ1) is 17.8. The molecule has 23 heavy (non-hydrogen) atoms. The molecule has 0 bridgehead atoms. The summed E-state index contributed by atoms with van der Waals surface area (Å²) in [5, 5.41) is 4.90. The van der Waals surface area contributed by atoms with Gasteiger partial charge in [-0.25, -0.2) is 17.2 Å². The Labute approximate surface area is 134 Å². The van der Waals surface area contributed by atoms with E-state index in [4.69, 9.17) is 0 Å². The Morgan fingerprint density at radius 2 is 1.87 bits per heavy atom. The van der Waals surface area contributed by atoms with Crippen molar-refractivity contribution in [3.05, 3.63) is 24.4 Å². The van der Waals surface area contributed by atoms with Crippen LogP contribution in [0.2, 0.25) is 0 Å². The molecule has 2 aromatic rings. The molecular weight excluding hydrogens is 324 g/mol. The van der Waals surface area contributed by atoms with Gasteiger partial charge in [0.25, 0.3) is 6.43 Å². The molecule has 0 saturated heterocycles. The van der Waals surface area contributed by atoms with Gasteiger partial charge < -0.3 is 0 Å². The van der Waals surface area contributed by atoms with Gasteiger partial charge in [0.2, 0.25) is 10.0 Å². The summed E-state index contributed by atoms with van der Waals surface area (Å²) in [6.07, 6.45) is -1.14. The van der Waals surface area contributed by atoms with Gasteiger partial charge >= 0.3 is 0 Å². The second-order valence-corrected chi connectivity index (χ2v) is 7.85. The number of nitrogens with zero attached hydrogens (tertiary/aromatic N) is 3. The van der Waals surface area contributed by atoms with Gasteiger partial charge in [0.15, 0.2) is 0 Å². The molecule has 2 rings (SSSR count). The molecule has 1 aromatic heterocycles. The first-order valence-corrected chi connectivity index (χ1v) is 8.86. The van der Waals surface area contributed by atoms with Crippen molar-refractivity contribution in [1.29, 1.82) is 0 Å². The lowest BCUT2D eigenvalue weighted by atomic mass is 10.2. The van der Waals surface area contributed by atoms with Crippen LogP contribution >= 0.6 is 0 Å². The average molecular weight is 345 g/mol. The normalized spacial score (nSPS) is 13.1. The average Bonchev–Trinajstić information content (AvgIpc) is 2.87. The number of sulfonamides is 1. The molecule has 0 radical (unpaired) electrons. The molecule has 0 aliphatic rings. The number of alkyl halides is 2. The lowest BCUT2D eigenvalue weighted by molar-refractivity contribution is 0.111. The molecule has 5 nitrogen and oxygen atoms in total. The Morgan fingerprint density at radius 1 is 1.22 bits per heavy atom. The SMILES string of the molecule is CC(C)N(CC(F)F)S(=O)(=O)c1ccc2c(cnn2C(C)C)c1. The van der Waals surface area contributed by atoms with Crippen molar-refractivity contribution in [2.24, 2.45) is 0 Å². The molecule has 0 N–H and O–H groups in total. The smallest absolute Gasteiger partial charge is 0.252 e. The molecule has 0 amide bonds. The summed E-state index contributed by atoms with van der Waals surface area (Å²) < 4.78 is 53.4. The topological polar surface area (TPSA) is 55.2 Å². The van der Waals surface area contributed by atoms with Crippen molar-refractivity contribution in [3.8, 4) is 0 Å². The van der Waals surface area contributed by atoms with Crippen LogP contribution in [-0.2, 0) is 10.0 Å². The summed E-state index contributed by atoms with van der Waals surface area (Å²) in [5.74, 6) is 0. The molecule has 0 atom stereocenters. The number of fused-ring (bicyclic) bond motifs is 1. The Hall–Kier alpha value is -1.54. The number of halogens is 2. The molecule has 1 aromatic carbocycles. The minimum atomic E-state index is -3.98. The van der Waals surface area contributed by atoms with E-state index in [2.05, 4.69) is 5.10 Å². The number of benzene rings is 1. The first-order valence-electron chi connectivity index (χ1n) is 7.42. The molecule has 8 heteroatoms. The van der Waals surface area contributed by atoms with Gasteiger partial charge in [0.1, 0.15) is 0 Å². The van der Waals surface area contributed by atoms with E-state index in [1.807, 2.05) is 13.8 Å². The van der Waals surface area contributed by atoms with Crippen molar-refractivity contribution >= 4 is 20.9 Å². The number of aromatic nitrogens is 2. The molecule has 1 heterocycles. The fourth-order valence-electron chi connectivity index (χ4n) is 2.46. The van der Waals surface area contributed by atoms with E-state index < -0.39 is 29.0 Å². The van der Waals surface area contributed by atoms with Gasteiger partial charge in [-0.15, -0.1) is 0 Å². The van der Waals surface area contributed by atoms with E-state index in [9.17, 15) is 17.2 Å². The number of rotatable bonds is 6. The lowest BCUT2D eigenvalue weighted by Crippen LogP contribution is -2.40. The largest absolute Gasteiger partial charge is 0.262 e. The van der Waals surface area contributed by atoms with Gasteiger partial charge in [-0.05, 0) is 45.9 Å². The predicted molar refractivity (Wildman–Crippen MR) is 85.1 cm³/mol. The number of hydrogen-bond acceptors (Lipinski definition) is 3. The highest BCUT2D eigenvalue weighted by molar-refractivity contribution is 7.89. The Balaban J connectivity index is 2.49. The van der Waals surface area contributed by atoms with Crippen LogP contribution in [0.25, 0.3) is 10.9 Å². The van der Waals surface area contributed by atoms with Crippen LogP contribution in [0, 0.1) is 0 Å². The molecule has 0 aliphatic carbocycles. The molecule has 128 valence electrons. The summed E-state index contributed by atoms with van der Waals surface area (Å²) >= 11 is 0. The summed E-state index contributed by atoms with van der Waals surface area (Å²) in [7, 11) is -3.98. The fourth-order valence-corrected chi connectivity index (χ4v) is 4.11. The fraction of sp³-hybridized carbons (Fsp3) is 0.533. The van der Waals surface area contributed by atoms with Crippen molar-refractivity contribution in [1.82, 2.24) is 14.1 Å². The molecule has 0 spiro atoms. The van der Waals surface area contributed by atoms with Gasteiger partial charge in [-0.2, -0.15) is 9.40 Å². The van der Waals surface area contributed by atoms with Gasteiger partial charge in [0, 0.05) is 17.5 Å². The highest BCUT2D eigenvalue weighted by Crippen LogP contribution is 2.25. The summed E-state index contributed by atoms with van der Waals surface area (Å²) in [4.78, 5) is 0.00246. The van der Waals surface area contributed by atoms with E-state index >= 15 is 0 Å². The summed E-state index contributed by atoms with van der Waals surface area (Å²) in [5.41, 5.74) is 0.809. The maximum atomic E-state index is 12.7. The van der Waals surface area contributed by atoms with Crippen LogP contribution in [0.5, 0.6) is 0 Å². The van der Waals surface area contributed by atoms with Crippen molar-refractivity contribution in [3.63, 3.8) is 0 Å². The maximum absolute atomic E-state index is 12.7.